The highest BCUT2D eigenvalue weighted by molar-refractivity contribution is 5.76. The van der Waals surface area contributed by atoms with Gasteiger partial charge in [-0.05, 0) is 91.9 Å². The molecule has 1 aromatic carbocycles. The van der Waals surface area contributed by atoms with Crippen LogP contribution >= 0.6 is 0 Å². The molecule has 3 nitrogen and oxygen atoms in total. The number of carbonyl (C=O) groups is 1. The number of allylic oxidation sites excluding steroid dienone is 1. The highest BCUT2D eigenvalue weighted by Crippen LogP contribution is 2.62. The molecule has 3 aliphatic carbocycles. The van der Waals surface area contributed by atoms with Crippen molar-refractivity contribution in [2.24, 2.45) is 17.3 Å². The predicted octanol–water partition coefficient (Wildman–Crippen LogP) is 5.07. The molecule has 4 atom stereocenters. The van der Waals surface area contributed by atoms with E-state index in [-0.39, 0.29) is 0 Å². The normalized spacial score (nSPS) is 33.2. The van der Waals surface area contributed by atoms with Crippen LogP contribution in [0.1, 0.15) is 63.0 Å². The maximum absolute atomic E-state index is 10.9. The maximum Gasteiger partial charge on any atom is 0.211 e. The van der Waals surface area contributed by atoms with E-state index in [9.17, 15) is 4.79 Å². The number of hydrogen-bond donors (Lipinski definition) is 1. The van der Waals surface area contributed by atoms with Crippen LogP contribution in [0.4, 0.5) is 5.69 Å². The topological polar surface area (TPSA) is 38.3 Å². The van der Waals surface area contributed by atoms with Gasteiger partial charge in [0, 0.05) is 0 Å². The van der Waals surface area contributed by atoms with E-state index in [0.717, 1.165) is 36.1 Å². The Balaban J connectivity index is 1.71. The Hall–Kier alpha value is -1.77. The first-order chi connectivity index (χ1) is 12.1. The van der Waals surface area contributed by atoms with Crippen molar-refractivity contribution in [2.45, 2.75) is 58.3 Å². The van der Waals surface area contributed by atoms with Crippen LogP contribution in [-0.4, -0.2) is 13.0 Å². The van der Waals surface area contributed by atoms with Crippen LogP contribution < -0.4 is 10.1 Å². The first-order valence-electron chi connectivity index (χ1n) is 9.76. The molecule has 1 N–H and O–H groups in total. The SMILES string of the molecule is C=C1CCC2C3CCc4cc(NC=O)c(OCC)cc4C3CC[C@]12C. The van der Waals surface area contributed by atoms with Gasteiger partial charge in [-0.1, -0.05) is 19.1 Å². The lowest BCUT2D eigenvalue weighted by Crippen LogP contribution is -2.40. The minimum absolute atomic E-state index is 0.362. The predicted molar refractivity (Wildman–Crippen MR) is 101 cm³/mol. The van der Waals surface area contributed by atoms with Gasteiger partial charge in [-0.3, -0.25) is 4.79 Å². The number of anilines is 1. The Morgan fingerprint density at radius 3 is 2.92 bits per heavy atom. The van der Waals surface area contributed by atoms with Gasteiger partial charge in [0.2, 0.25) is 6.41 Å². The molecular weight excluding hydrogens is 310 g/mol. The molecular formula is C22H29NO2. The summed E-state index contributed by atoms with van der Waals surface area (Å²) in [5.41, 5.74) is 5.52. The monoisotopic (exact) mass is 339 g/mol. The molecule has 3 unspecified atom stereocenters. The van der Waals surface area contributed by atoms with Crippen molar-refractivity contribution in [1.82, 2.24) is 0 Å². The molecule has 134 valence electrons. The van der Waals surface area contributed by atoms with Crippen LogP contribution in [0, 0.1) is 17.3 Å². The average Bonchev–Trinajstić information content (AvgIpc) is 2.91. The summed E-state index contributed by atoms with van der Waals surface area (Å²) in [6.45, 7) is 9.46. The van der Waals surface area contributed by atoms with Gasteiger partial charge in [0.05, 0.1) is 12.3 Å². The second-order valence-corrected chi connectivity index (χ2v) is 8.26. The molecule has 2 saturated carbocycles. The lowest BCUT2D eigenvalue weighted by atomic mass is 9.55. The van der Waals surface area contributed by atoms with Gasteiger partial charge in [-0.25, -0.2) is 0 Å². The van der Waals surface area contributed by atoms with Gasteiger partial charge in [0.15, 0.2) is 0 Å². The van der Waals surface area contributed by atoms with E-state index in [1.54, 1.807) is 0 Å². The zero-order chi connectivity index (χ0) is 17.6. The number of aryl methyl sites for hydroxylation is 1. The highest BCUT2D eigenvalue weighted by Gasteiger charge is 2.51. The number of ether oxygens (including phenoxy) is 1. The molecule has 0 bridgehead atoms. The fourth-order valence-corrected chi connectivity index (χ4v) is 5.96. The van der Waals surface area contributed by atoms with Gasteiger partial charge >= 0.3 is 0 Å². The molecule has 0 aromatic heterocycles. The summed E-state index contributed by atoms with van der Waals surface area (Å²) in [6.07, 6.45) is 8.14. The molecule has 4 rings (SSSR count). The second-order valence-electron chi connectivity index (χ2n) is 8.26. The molecule has 1 aromatic rings. The molecule has 1 amide bonds. The third kappa shape index (κ3) is 2.51. The standard InChI is InChI=1S/C22H29NO2/c1-4-25-21-12-18-15(11-20(21)23-13-24)6-7-17-16(18)9-10-22(3)14(2)5-8-19(17)22/h11-13,16-17,19H,2,4-10H2,1,3H3,(H,23,24)/t16?,17?,19?,22-/m1/s1. The Morgan fingerprint density at radius 1 is 1.32 bits per heavy atom. The molecule has 0 aliphatic heterocycles. The smallest absolute Gasteiger partial charge is 0.211 e. The minimum Gasteiger partial charge on any atom is -0.492 e. The van der Waals surface area contributed by atoms with Gasteiger partial charge in [0.1, 0.15) is 5.75 Å². The van der Waals surface area contributed by atoms with E-state index < -0.39 is 0 Å². The number of hydrogen-bond acceptors (Lipinski definition) is 2. The summed E-state index contributed by atoms with van der Waals surface area (Å²) in [5.74, 6) is 3.01. The number of benzene rings is 1. The highest BCUT2D eigenvalue weighted by atomic mass is 16.5. The van der Waals surface area contributed by atoms with Crippen molar-refractivity contribution in [2.75, 3.05) is 11.9 Å². The second kappa shape index (κ2) is 6.19. The zero-order valence-corrected chi connectivity index (χ0v) is 15.4. The van der Waals surface area contributed by atoms with Crippen LogP contribution in [0.25, 0.3) is 0 Å². The molecule has 0 spiro atoms. The average molecular weight is 339 g/mol. The van der Waals surface area contributed by atoms with E-state index in [1.807, 2.05) is 6.92 Å². The summed E-state index contributed by atoms with van der Waals surface area (Å²) < 4.78 is 5.82. The van der Waals surface area contributed by atoms with E-state index >= 15 is 0 Å². The molecule has 2 fully saturated rings. The Labute approximate surface area is 150 Å². The van der Waals surface area contributed by atoms with Gasteiger partial charge < -0.3 is 10.1 Å². The largest absolute Gasteiger partial charge is 0.492 e. The number of rotatable bonds is 4. The van der Waals surface area contributed by atoms with E-state index in [4.69, 9.17) is 4.74 Å². The number of fused-ring (bicyclic) bond motifs is 5. The summed E-state index contributed by atoms with van der Waals surface area (Å²) >= 11 is 0. The quantitative estimate of drug-likeness (QED) is 0.614. The molecule has 0 heterocycles. The van der Waals surface area contributed by atoms with Gasteiger partial charge in [0.25, 0.3) is 0 Å². The molecule has 25 heavy (non-hydrogen) atoms. The first-order valence-corrected chi connectivity index (χ1v) is 9.76. The first kappa shape index (κ1) is 16.7. The van der Waals surface area contributed by atoms with Crippen LogP contribution in [0.3, 0.4) is 0 Å². The van der Waals surface area contributed by atoms with Crippen LogP contribution in [0.5, 0.6) is 5.75 Å². The van der Waals surface area contributed by atoms with Crippen LogP contribution in [0.2, 0.25) is 0 Å². The Bertz CT molecular complexity index is 710. The minimum atomic E-state index is 0.362. The third-order valence-corrected chi connectivity index (χ3v) is 7.29. The molecule has 0 saturated heterocycles. The Morgan fingerprint density at radius 2 is 2.16 bits per heavy atom. The number of nitrogens with one attached hydrogen (secondary N) is 1. The van der Waals surface area contributed by atoms with Crippen LogP contribution in [-0.2, 0) is 11.2 Å². The zero-order valence-electron chi connectivity index (χ0n) is 15.4. The summed E-state index contributed by atoms with van der Waals surface area (Å²) in [6, 6.07) is 4.36. The summed E-state index contributed by atoms with van der Waals surface area (Å²) in [7, 11) is 0. The van der Waals surface area contributed by atoms with E-state index in [1.165, 1.54) is 48.8 Å². The summed E-state index contributed by atoms with van der Waals surface area (Å²) in [5, 5.41) is 2.81. The maximum atomic E-state index is 10.9. The number of carbonyl (C=O) groups excluding carboxylic acids is 1. The molecule has 0 radical (unpaired) electrons. The fraction of sp³-hybridized carbons (Fsp3) is 0.591. The fourth-order valence-electron chi connectivity index (χ4n) is 5.96. The summed E-state index contributed by atoms with van der Waals surface area (Å²) in [4.78, 5) is 10.9. The third-order valence-electron chi connectivity index (χ3n) is 7.29. The van der Waals surface area contributed by atoms with Gasteiger partial charge in [-0.15, -0.1) is 0 Å². The van der Waals surface area contributed by atoms with Crippen molar-refractivity contribution in [1.29, 1.82) is 0 Å². The lowest BCUT2D eigenvalue weighted by molar-refractivity contribution is -0.105. The van der Waals surface area contributed by atoms with Crippen molar-refractivity contribution < 1.29 is 9.53 Å². The van der Waals surface area contributed by atoms with Crippen LogP contribution in [0.15, 0.2) is 24.3 Å². The van der Waals surface area contributed by atoms with Crippen molar-refractivity contribution >= 4 is 12.1 Å². The van der Waals surface area contributed by atoms with Crippen molar-refractivity contribution in [3.8, 4) is 5.75 Å². The molecule has 3 aliphatic rings. The Kier molecular flexibility index (Phi) is 4.13. The van der Waals surface area contributed by atoms with Crippen molar-refractivity contribution in [3.63, 3.8) is 0 Å². The van der Waals surface area contributed by atoms with E-state index in [2.05, 4.69) is 31.0 Å². The molecule has 3 heteroatoms. The van der Waals surface area contributed by atoms with Crippen molar-refractivity contribution in [3.05, 3.63) is 35.4 Å². The lowest BCUT2D eigenvalue weighted by Gasteiger charge is -2.49. The number of amides is 1. The van der Waals surface area contributed by atoms with E-state index in [0.29, 0.717) is 17.9 Å². The van der Waals surface area contributed by atoms with Gasteiger partial charge in [-0.2, -0.15) is 0 Å².